The van der Waals surface area contributed by atoms with Crippen LogP contribution >= 0.6 is 0 Å². The minimum Gasteiger partial charge on any atom is -0.493 e. The highest BCUT2D eigenvalue weighted by atomic mass is 16.5. The standard InChI is InChI=1S/C20H25NO2/c1-4-5-8-11-23-19-10-7-6-9-18(19)20(22)21-17-13-15(2)12-16(3)14-17/h6-7,9-10,12-14H,4-5,8,11H2,1-3H3,(H,21,22). The Morgan fingerprint density at radius 3 is 2.43 bits per heavy atom. The van der Waals surface area contributed by atoms with Crippen molar-refractivity contribution in [1.29, 1.82) is 0 Å². The minimum atomic E-state index is -0.138. The summed E-state index contributed by atoms with van der Waals surface area (Å²) in [6, 6.07) is 13.4. The molecule has 0 aliphatic heterocycles. The van der Waals surface area contributed by atoms with Crippen molar-refractivity contribution in [3.05, 3.63) is 59.2 Å². The van der Waals surface area contributed by atoms with Crippen LogP contribution in [0.2, 0.25) is 0 Å². The Morgan fingerprint density at radius 1 is 1.04 bits per heavy atom. The fraction of sp³-hybridized carbons (Fsp3) is 0.350. The zero-order valence-electron chi connectivity index (χ0n) is 14.2. The number of para-hydroxylation sites is 1. The third-order valence-corrected chi connectivity index (χ3v) is 3.62. The molecule has 0 saturated heterocycles. The molecule has 0 atom stereocenters. The van der Waals surface area contributed by atoms with Crippen molar-refractivity contribution in [2.24, 2.45) is 0 Å². The van der Waals surface area contributed by atoms with Crippen molar-refractivity contribution < 1.29 is 9.53 Å². The average molecular weight is 311 g/mol. The predicted molar refractivity (Wildman–Crippen MR) is 95.3 cm³/mol. The fourth-order valence-corrected chi connectivity index (χ4v) is 2.56. The number of anilines is 1. The summed E-state index contributed by atoms with van der Waals surface area (Å²) in [5.74, 6) is 0.506. The van der Waals surface area contributed by atoms with Crippen molar-refractivity contribution in [2.75, 3.05) is 11.9 Å². The molecule has 0 radical (unpaired) electrons. The second-order valence-corrected chi connectivity index (χ2v) is 5.88. The number of carbonyl (C=O) groups excluding carboxylic acids is 1. The molecule has 3 heteroatoms. The Hall–Kier alpha value is -2.29. The number of nitrogens with one attached hydrogen (secondary N) is 1. The van der Waals surface area contributed by atoms with Crippen LogP contribution in [0, 0.1) is 13.8 Å². The molecule has 0 aromatic heterocycles. The largest absolute Gasteiger partial charge is 0.493 e. The van der Waals surface area contributed by atoms with Gasteiger partial charge in [-0.3, -0.25) is 4.79 Å². The number of hydrogen-bond acceptors (Lipinski definition) is 2. The topological polar surface area (TPSA) is 38.3 Å². The maximum Gasteiger partial charge on any atom is 0.259 e. The minimum absolute atomic E-state index is 0.138. The molecule has 3 nitrogen and oxygen atoms in total. The van der Waals surface area contributed by atoms with Gasteiger partial charge in [0.1, 0.15) is 5.75 Å². The first-order valence-corrected chi connectivity index (χ1v) is 8.21. The van der Waals surface area contributed by atoms with Gasteiger partial charge in [-0.05, 0) is 55.7 Å². The first-order valence-electron chi connectivity index (χ1n) is 8.21. The molecule has 0 aliphatic carbocycles. The molecule has 2 aromatic rings. The van der Waals surface area contributed by atoms with Crippen LogP contribution < -0.4 is 10.1 Å². The maximum absolute atomic E-state index is 12.6. The molecule has 0 heterocycles. The lowest BCUT2D eigenvalue weighted by atomic mass is 10.1. The lowest BCUT2D eigenvalue weighted by Gasteiger charge is -2.12. The zero-order valence-corrected chi connectivity index (χ0v) is 14.2. The molecule has 1 amide bonds. The molecule has 0 saturated carbocycles. The van der Waals surface area contributed by atoms with E-state index in [0.717, 1.165) is 36.1 Å². The second-order valence-electron chi connectivity index (χ2n) is 5.88. The summed E-state index contributed by atoms with van der Waals surface area (Å²) in [7, 11) is 0. The summed E-state index contributed by atoms with van der Waals surface area (Å²) in [6.45, 7) is 6.84. The van der Waals surface area contributed by atoms with Crippen LogP contribution in [0.5, 0.6) is 5.75 Å². The van der Waals surface area contributed by atoms with Gasteiger partial charge in [-0.15, -0.1) is 0 Å². The van der Waals surface area contributed by atoms with Crippen LogP contribution in [0.15, 0.2) is 42.5 Å². The van der Waals surface area contributed by atoms with Gasteiger partial charge in [0.25, 0.3) is 5.91 Å². The van der Waals surface area contributed by atoms with E-state index < -0.39 is 0 Å². The zero-order chi connectivity index (χ0) is 16.7. The smallest absolute Gasteiger partial charge is 0.259 e. The van der Waals surface area contributed by atoms with Gasteiger partial charge in [0.15, 0.2) is 0 Å². The maximum atomic E-state index is 12.6. The Balaban J connectivity index is 2.09. The summed E-state index contributed by atoms with van der Waals surface area (Å²) < 4.78 is 5.78. The van der Waals surface area contributed by atoms with Crippen molar-refractivity contribution in [1.82, 2.24) is 0 Å². The van der Waals surface area contributed by atoms with E-state index in [1.54, 1.807) is 6.07 Å². The molecule has 2 rings (SSSR count). The molecular weight excluding hydrogens is 286 g/mol. The van der Waals surface area contributed by atoms with E-state index in [1.165, 1.54) is 0 Å². The van der Waals surface area contributed by atoms with Crippen molar-refractivity contribution in [3.8, 4) is 5.75 Å². The lowest BCUT2D eigenvalue weighted by Crippen LogP contribution is -2.14. The lowest BCUT2D eigenvalue weighted by molar-refractivity contribution is 0.102. The molecule has 0 spiro atoms. The molecule has 2 aromatic carbocycles. The van der Waals surface area contributed by atoms with E-state index in [-0.39, 0.29) is 5.91 Å². The second kappa shape index (κ2) is 8.37. The highest BCUT2D eigenvalue weighted by Crippen LogP contribution is 2.21. The Morgan fingerprint density at radius 2 is 1.74 bits per heavy atom. The van der Waals surface area contributed by atoms with Crippen LogP contribution in [0.3, 0.4) is 0 Å². The van der Waals surface area contributed by atoms with Crippen molar-refractivity contribution in [3.63, 3.8) is 0 Å². The van der Waals surface area contributed by atoms with Gasteiger partial charge in [0.2, 0.25) is 0 Å². The number of carbonyl (C=O) groups is 1. The van der Waals surface area contributed by atoms with Gasteiger partial charge in [-0.1, -0.05) is 38.0 Å². The van der Waals surface area contributed by atoms with Gasteiger partial charge >= 0.3 is 0 Å². The number of ether oxygens (including phenoxy) is 1. The van der Waals surface area contributed by atoms with E-state index in [9.17, 15) is 4.79 Å². The summed E-state index contributed by atoms with van der Waals surface area (Å²) in [5, 5.41) is 2.96. The van der Waals surface area contributed by atoms with Gasteiger partial charge in [-0.2, -0.15) is 0 Å². The highest BCUT2D eigenvalue weighted by Gasteiger charge is 2.12. The van der Waals surface area contributed by atoms with E-state index in [4.69, 9.17) is 4.74 Å². The molecule has 122 valence electrons. The predicted octanol–water partition coefficient (Wildman–Crippen LogP) is 5.12. The number of unbranched alkanes of at least 4 members (excludes halogenated alkanes) is 2. The van der Waals surface area contributed by atoms with Gasteiger partial charge in [0, 0.05) is 5.69 Å². The van der Waals surface area contributed by atoms with Crippen LogP contribution in [-0.4, -0.2) is 12.5 Å². The molecule has 0 fully saturated rings. The van der Waals surface area contributed by atoms with Crippen LogP contribution in [0.25, 0.3) is 0 Å². The molecule has 0 unspecified atom stereocenters. The first-order chi connectivity index (χ1) is 11.1. The van der Waals surface area contributed by atoms with Crippen LogP contribution in [0.1, 0.15) is 47.7 Å². The summed E-state index contributed by atoms with van der Waals surface area (Å²) in [4.78, 5) is 12.6. The van der Waals surface area contributed by atoms with Crippen molar-refractivity contribution in [2.45, 2.75) is 40.0 Å². The number of rotatable bonds is 7. The van der Waals surface area contributed by atoms with Crippen LogP contribution in [0.4, 0.5) is 5.69 Å². The Bertz CT molecular complexity index is 644. The molecule has 23 heavy (non-hydrogen) atoms. The number of amides is 1. The Kier molecular flexibility index (Phi) is 6.21. The van der Waals surface area contributed by atoms with E-state index in [1.807, 2.05) is 44.2 Å². The molecular formula is C20H25NO2. The van der Waals surface area contributed by atoms with E-state index in [2.05, 4.69) is 18.3 Å². The summed E-state index contributed by atoms with van der Waals surface area (Å²) in [5.41, 5.74) is 3.64. The molecule has 0 bridgehead atoms. The van der Waals surface area contributed by atoms with Crippen molar-refractivity contribution >= 4 is 11.6 Å². The fourth-order valence-electron chi connectivity index (χ4n) is 2.56. The first kappa shape index (κ1) is 17.1. The molecule has 1 N–H and O–H groups in total. The molecule has 0 aliphatic rings. The van der Waals surface area contributed by atoms with Crippen LogP contribution in [-0.2, 0) is 0 Å². The number of benzene rings is 2. The monoisotopic (exact) mass is 311 g/mol. The Labute approximate surface area is 138 Å². The van der Waals surface area contributed by atoms with E-state index in [0.29, 0.717) is 17.9 Å². The summed E-state index contributed by atoms with van der Waals surface area (Å²) >= 11 is 0. The number of hydrogen-bond donors (Lipinski definition) is 1. The highest BCUT2D eigenvalue weighted by molar-refractivity contribution is 6.06. The number of aryl methyl sites for hydroxylation is 2. The third-order valence-electron chi connectivity index (χ3n) is 3.62. The normalized spacial score (nSPS) is 10.4. The van der Waals surface area contributed by atoms with Gasteiger partial charge in [0.05, 0.1) is 12.2 Å². The SMILES string of the molecule is CCCCCOc1ccccc1C(=O)Nc1cc(C)cc(C)c1. The van der Waals surface area contributed by atoms with E-state index >= 15 is 0 Å². The average Bonchev–Trinajstić information content (AvgIpc) is 2.51. The van der Waals surface area contributed by atoms with Gasteiger partial charge < -0.3 is 10.1 Å². The summed E-state index contributed by atoms with van der Waals surface area (Å²) in [6.07, 6.45) is 3.29. The van der Waals surface area contributed by atoms with Gasteiger partial charge in [-0.25, -0.2) is 0 Å². The third kappa shape index (κ3) is 5.13. The quantitative estimate of drug-likeness (QED) is 0.720.